The molecule has 0 radical (unpaired) electrons. The molecule has 3 rings (SSSR count). The Morgan fingerprint density at radius 3 is 2.85 bits per heavy atom. The molecule has 2 aromatic heterocycles. The summed E-state index contributed by atoms with van der Waals surface area (Å²) >= 11 is 0. The van der Waals surface area contributed by atoms with E-state index in [1.807, 2.05) is 19.1 Å². The second-order valence-corrected chi connectivity index (χ2v) is 4.42. The largest absolute Gasteiger partial charge is 0.478 e. The number of imidazole rings is 1. The smallest absolute Gasteiger partial charge is 0.335 e. The summed E-state index contributed by atoms with van der Waals surface area (Å²) in [4.78, 5) is 18.6. The molecule has 0 atom stereocenters. The highest BCUT2D eigenvalue weighted by Gasteiger charge is 2.13. The lowest BCUT2D eigenvalue weighted by Crippen LogP contribution is -1.96. The fourth-order valence-corrected chi connectivity index (χ4v) is 2.05. The number of hydrogen-bond acceptors (Lipinski definition) is 3. The number of H-pyrrole nitrogens is 1. The molecule has 3 aromatic rings. The van der Waals surface area contributed by atoms with Crippen molar-refractivity contribution in [1.29, 1.82) is 0 Å². The van der Waals surface area contributed by atoms with Crippen LogP contribution >= 0.6 is 0 Å². The van der Waals surface area contributed by atoms with Crippen LogP contribution in [0.4, 0.5) is 0 Å². The lowest BCUT2D eigenvalue weighted by molar-refractivity contribution is 0.0697. The first kappa shape index (κ1) is 12.2. The van der Waals surface area contributed by atoms with Crippen LogP contribution in [0.25, 0.3) is 22.8 Å². The number of aromatic carboxylic acids is 1. The number of nitrogens with one attached hydrogen (secondary N) is 1. The molecule has 0 amide bonds. The Hall–Kier alpha value is -2.82. The normalized spacial score (nSPS) is 10.7. The first-order valence-corrected chi connectivity index (χ1v) is 6.09. The van der Waals surface area contributed by atoms with Crippen LogP contribution in [0.15, 0.2) is 47.1 Å². The summed E-state index contributed by atoms with van der Waals surface area (Å²) in [6.07, 6.45) is 1.59. The molecule has 20 heavy (non-hydrogen) atoms. The Labute approximate surface area is 114 Å². The number of rotatable bonds is 3. The van der Waals surface area contributed by atoms with E-state index >= 15 is 0 Å². The van der Waals surface area contributed by atoms with Crippen LogP contribution in [0.3, 0.4) is 0 Å². The van der Waals surface area contributed by atoms with Crippen molar-refractivity contribution in [2.75, 3.05) is 0 Å². The minimum Gasteiger partial charge on any atom is -0.478 e. The van der Waals surface area contributed by atoms with Crippen LogP contribution in [-0.4, -0.2) is 21.0 Å². The monoisotopic (exact) mass is 268 g/mol. The molecule has 5 heteroatoms. The van der Waals surface area contributed by atoms with Gasteiger partial charge in [-0.1, -0.05) is 12.1 Å². The van der Waals surface area contributed by atoms with Gasteiger partial charge in [0, 0.05) is 11.3 Å². The molecule has 5 nitrogen and oxygen atoms in total. The number of hydrogen-bond donors (Lipinski definition) is 2. The maximum Gasteiger partial charge on any atom is 0.335 e. The number of carbonyl (C=O) groups is 1. The van der Waals surface area contributed by atoms with E-state index in [9.17, 15) is 4.79 Å². The van der Waals surface area contributed by atoms with E-state index in [0.29, 0.717) is 11.6 Å². The highest BCUT2D eigenvalue weighted by atomic mass is 16.4. The Balaban J connectivity index is 2.05. The van der Waals surface area contributed by atoms with Crippen LogP contribution in [0, 0.1) is 6.92 Å². The lowest BCUT2D eigenvalue weighted by Gasteiger charge is -1.98. The molecule has 0 aliphatic rings. The summed E-state index contributed by atoms with van der Waals surface area (Å²) in [5, 5.41) is 9.02. The summed E-state index contributed by atoms with van der Waals surface area (Å²) in [5.74, 6) is 0.345. The zero-order chi connectivity index (χ0) is 14.1. The topological polar surface area (TPSA) is 79.1 Å². The third-order valence-corrected chi connectivity index (χ3v) is 3.02. The number of nitrogens with zero attached hydrogens (tertiary/aromatic N) is 1. The molecule has 0 bridgehead atoms. The van der Waals surface area contributed by atoms with Crippen molar-refractivity contribution in [1.82, 2.24) is 9.97 Å². The molecular weight excluding hydrogens is 256 g/mol. The first-order valence-electron chi connectivity index (χ1n) is 6.09. The van der Waals surface area contributed by atoms with Gasteiger partial charge in [-0.05, 0) is 31.2 Å². The molecule has 2 N–H and O–H groups in total. The van der Waals surface area contributed by atoms with Crippen molar-refractivity contribution in [2.45, 2.75) is 6.92 Å². The van der Waals surface area contributed by atoms with Gasteiger partial charge in [-0.15, -0.1) is 0 Å². The number of aryl methyl sites for hydroxylation is 1. The average Bonchev–Trinajstić information content (AvgIpc) is 3.07. The van der Waals surface area contributed by atoms with Crippen LogP contribution in [0.5, 0.6) is 0 Å². The summed E-state index contributed by atoms with van der Waals surface area (Å²) < 4.78 is 5.33. The Morgan fingerprint density at radius 1 is 1.30 bits per heavy atom. The summed E-state index contributed by atoms with van der Waals surface area (Å²) in [6.45, 7) is 1.90. The van der Waals surface area contributed by atoms with Gasteiger partial charge in [-0.2, -0.15) is 0 Å². The molecule has 0 unspecified atom stereocenters. The second kappa shape index (κ2) is 4.70. The third-order valence-electron chi connectivity index (χ3n) is 3.02. The number of carboxylic acid groups (broad SMARTS) is 1. The molecular formula is C15H12N2O3. The molecule has 0 spiro atoms. The minimum absolute atomic E-state index is 0.233. The Morgan fingerprint density at radius 2 is 2.15 bits per heavy atom. The SMILES string of the molecule is Cc1[nH]c(-c2cccc(C(=O)O)c2)nc1-c1ccco1. The highest BCUT2D eigenvalue weighted by Crippen LogP contribution is 2.26. The van der Waals surface area contributed by atoms with Crippen molar-refractivity contribution < 1.29 is 14.3 Å². The number of aromatic nitrogens is 2. The standard InChI is InChI=1S/C15H12N2O3/c1-9-13(12-6-3-7-20-12)17-14(16-9)10-4-2-5-11(8-10)15(18)19/h2-8H,1H3,(H,16,17)(H,18,19). The van der Waals surface area contributed by atoms with E-state index in [-0.39, 0.29) is 5.56 Å². The Kier molecular flexibility index (Phi) is 2.87. The predicted molar refractivity (Wildman–Crippen MR) is 73.4 cm³/mol. The van der Waals surface area contributed by atoms with E-state index in [2.05, 4.69) is 9.97 Å². The van der Waals surface area contributed by atoms with Gasteiger partial charge in [0.2, 0.25) is 0 Å². The fraction of sp³-hybridized carbons (Fsp3) is 0.0667. The zero-order valence-corrected chi connectivity index (χ0v) is 10.8. The predicted octanol–water partition coefficient (Wildman–Crippen LogP) is 3.34. The second-order valence-electron chi connectivity index (χ2n) is 4.42. The molecule has 0 fully saturated rings. The number of furan rings is 1. The van der Waals surface area contributed by atoms with Gasteiger partial charge in [0.15, 0.2) is 5.76 Å². The summed E-state index contributed by atoms with van der Waals surface area (Å²) in [5.41, 5.74) is 2.56. The molecule has 0 aliphatic heterocycles. The van der Waals surface area contributed by atoms with Crippen molar-refractivity contribution in [3.05, 3.63) is 53.9 Å². The number of carboxylic acids is 1. The fourth-order valence-electron chi connectivity index (χ4n) is 2.05. The van der Waals surface area contributed by atoms with E-state index in [1.165, 1.54) is 0 Å². The Bertz CT molecular complexity index is 757. The quantitative estimate of drug-likeness (QED) is 0.763. The van der Waals surface area contributed by atoms with Crippen molar-refractivity contribution in [3.8, 4) is 22.8 Å². The van der Waals surface area contributed by atoms with Gasteiger partial charge in [0.05, 0.1) is 11.8 Å². The summed E-state index contributed by atoms with van der Waals surface area (Å²) in [7, 11) is 0. The minimum atomic E-state index is -0.957. The van der Waals surface area contributed by atoms with E-state index in [0.717, 1.165) is 17.0 Å². The van der Waals surface area contributed by atoms with E-state index in [4.69, 9.17) is 9.52 Å². The maximum absolute atomic E-state index is 11.0. The number of benzene rings is 1. The van der Waals surface area contributed by atoms with Gasteiger partial charge in [-0.25, -0.2) is 9.78 Å². The van der Waals surface area contributed by atoms with Crippen molar-refractivity contribution in [2.24, 2.45) is 0 Å². The van der Waals surface area contributed by atoms with Crippen molar-refractivity contribution in [3.63, 3.8) is 0 Å². The average molecular weight is 268 g/mol. The molecule has 0 saturated carbocycles. The first-order chi connectivity index (χ1) is 9.65. The van der Waals surface area contributed by atoms with Gasteiger partial charge >= 0.3 is 5.97 Å². The van der Waals surface area contributed by atoms with Crippen LogP contribution < -0.4 is 0 Å². The van der Waals surface area contributed by atoms with E-state index in [1.54, 1.807) is 30.5 Å². The maximum atomic E-state index is 11.0. The zero-order valence-electron chi connectivity index (χ0n) is 10.8. The summed E-state index contributed by atoms with van der Waals surface area (Å²) in [6, 6.07) is 10.3. The lowest BCUT2D eigenvalue weighted by atomic mass is 10.1. The van der Waals surface area contributed by atoms with Crippen LogP contribution in [0.1, 0.15) is 16.1 Å². The molecule has 0 saturated heterocycles. The van der Waals surface area contributed by atoms with Crippen LogP contribution in [0.2, 0.25) is 0 Å². The number of aromatic amines is 1. The third kappa shape index (κ3) is 2.09. The molecule has 1 aromatic carbocycles. The molecule has 100 valence electrons. The van der Waals surface area contributed by atoms with Gasteiger partial charge in [-0.3, -0.25) is 0 Å². The highest BCUT2D eigenvalue weighted by molar-refractivity contribution is 5.89. The van der Waals surface area contributed by atoms with Gasteiger partial charge in [0.1, 0.15) is 11.5 Å². The van der Waals surface area contributed by atoms with Crippen LogP contribution in [-0.2, 0) is 0 Å². The van der Waals surface area contributed by atoms with Gasteiger partial charge < -0.3 is 14.5 Å². The molecule has 0 aliphatic carbocycles. The molecule has 2 heterocycles. The van der Waals surface area contributed by atoms with Gasteiger partial charge in [0.25, 0.3) is 0 Å². The van der Waals surface area contributed by atoms with E-state index < -0.39 is 5.97 Å². The van der Waals surface area contributed by atoms with Crippen molar-refractivity contribution >= 4 is 5.97 Å².